The van der Waals surface area contributed by atoms with Gasteiger partial charge in [-0.2, -0.15) is 0 Å². The first-order valence-electron chi connectivity index (χ1n) is 14.9. The van der Waals surface area contributed by atoms with E-state index in [1.54, 1.807) is 20.8 Å². The Hall–Kier alpha value is -3.09. The van der Waals surface area contributed by atoms with Gasteiger partial charge < -0.3 is 34.5 Å². The van der Waals surface area contributed by atoms with Crippen molar-refractivity contribution in [3.63, 3.8) is 0 Å². The number of fused-ring (bicyclic) bond motifs is 2. The van der Waals surface area contributed by atoms with Crippen LogP contribution in [0.25, 0.3) is 0 Å². The zero-order valence-corrected chi connectivity index (χ0v) is 25.5. The van der Waals surface area contributed by atoms with Crippen LogP contribution < -0.4 is 5.73 Å². The molecule has 12 nitrogen and oxygen atoms in total. The molecular weight excluding hydrogens is 562 g/mol. The molecule has 3 aliphatic carbocycles. The van der Waals surface area contributed by atoms with Gasteiger partial charge in [0, 0.05) is 30.3 Å². The van der Waals surface area contributed by atoms with E-state index in [9.17, 15) is 29.1 Å². The number of carbonyl (C=O) groups is 5. The van der Waals surface area contributed by atoms with Crippen molar-refractivity contribution in [2.45, 2.75) is 96.7 Å². The number of rotatable bonds is 7. The number of aliphatic hydroxyl groups excluding tert-OH is 1. The van der Waals surface area contributed by atoms with Crippen molar-refractivity contribution in [1.82, 2.24) is 0 Å². The fourth-order valence-electron chi connectivity index (χ4n) is 9.02. The van der Waals surface area contributed by atoms with Crippen molar-refractivity contribution in [3.05, 3.63) is 23.0 Å². The summed E-state index contributed by atoms with van der Waals surface area (Å²) < 4.78 is 28.7. The summed E-state index contributed by atoms with van der Waals surface area (Å²) in [5.41, 5.74) is 3.23. The van der Waals surface area contributed by atoms with Gasteiger partial charge in [-0.3, -0.25) is 4.79 Å². The highest BCUT2D eigenvalue weighted by Gasteiger charge is 2.82. The van der Waals surface area contributed by atoms with E-state index < -0.39 is 88.2 Å². The summed E-state index contributed by atoms with van der Waals surface area (Å²) in [5.74, 6) is -5.76. The fraction of sp³-hybridized carbons (Fsp3) is 0.710. The number of methoxy groups -OCH3 is 1. The van der Waals surface area contributed by atoms with E-state index in [0.29, 0.717) is 24.0 Å². The van der Waals surface area contributed by atoms with E-state index in [-0.39, 0.29) is 31.6 Å². The number of aliphatic hydroxyl groups is 1. The van der Waals surface area contributed by atoms with E-state index in [0.717, 1.165) is 0 Å². The second kappa shape index (κ2) is 10.8. The Bertz CT molecular complexity index is 1320. The van der Waals surface area contributed by atoms with Crippen LogP contribution in [-0.2, 0) is 47.7 Å². The van der Waals surface area contributed by atoms with E-state index in [2.05, 4.69) is 0 Å². The molecule has 5 rings (SSSR count). The van der Waals surface area contributed by atoms with Crippen molar-refractivity contribution < 1.29 is 52.8 Å². The number of carbonyl (C=O) groups excluding carboxylic acids is 5. The maximum absolute atomic E-state index is 13.7. The molecule has 12 heteroatoms. The molecule has 43 heavy (non-hydrogen) atoms. The molecule has 0 aromatic heterocycles. The highest BCUT2D eigenvalue weighted by atomic mass is 16.6. The predicted octanol–water partition coefficient (Wildman–Crippen LogP) is 1.66. The Morgan fingerprint density at radius 2 is 1.91 bits per heavy atom. The molecule has 0 radical (unpaired) electrons. The number of Topliss-reactive ketones (excluding diaryl/α,β-unsaturated/α-hetero) is 1. The van der Waals surface area contributed by atoms with Crippen molar-refractivity contribution in [1.29, 1.82) is 0 Å². The average Bonchev–Trinajstić information content (AvgIpc) is 3.17. The minimum absolute atomic E-state index is 0.0703. The summed E-state index contributed by atoms with van der Waals surface area (Å²) in [6, 6.07) is -0.880. The Morgan fingerprint density at radius 3 is 2.53 bits per heavy atom. The van der Waals surface area contributed by atoms with Gasteiger partial charge in [-0.1, -0.05) is 25.8 Å². The second-order valence-electron chi connectivity index (χ2n) is 13.2. The summed E-state index contributed by atoms with van der Waals surface area (Å²) in [6.45, 7) is 8.79. The Morgan fingerprint density at radius 1 is 1.21 bits per heavy atom. The molecule has 2 saturated heterocycles. The SMILES string of the molecule is CCCC(N)C(=O)OC1=C(C)C2CC3OC(=O)C(OC(=O)C=C(C)C)C4C5(C(=O)OC)CC(O)C(C2(C)CC1=O)C34CO5. The molecule has 2 saturated carbocycles. The van der Waals surface area contributed by atoms with Gasteiger partial charge in [0.05, 0.1) is 25.7 Å². The third-order valence-corrected chi connectivity index (χ3v) is 10.4. The minimum Gasteiger partial charge on any atom is -0.467 e. The van der Waals surface area contributed by atoms with Gasteiger partial charge in [0.15, 0.2) is 17.1 Å². The van der Waals surface area contributed by atoms with E-state index in [4.69, 9.17) is 29.4 Å². The van der Waals surface area contributed by atoms with Gasteiger partial charge in [0.1, 0.15) is 12.1 Å². The molecule has 236 valence electrons. The normalized spacial score (nSPS) is 40.0. The number of nitrogens with two attached hydrogens (primary N) is 1. The first kappa shape index (κ1) is 31.3. The largest absolute Gasteiger partial charge is 0.467 e. The monoisotopic (exact) mass is 603 g/mol. The number of allylic oxidation sites excluding steroid dienone is 3. The lowest BCUT2D eigenvalue weighted by atomic mass is 9.38. The van der Waals surface area contributed by atoms with Gasteiger partial charge in [-0.25, -0.2) is 19.2 Å². The van der Waals surface area contributed by atoms with Crippen LogP contribution in [0.4, 0.5) is 0 Å². The third kappa shape index (κ3) is 4.47. The third-order valence-electron chi connectivity index (χ3n) is 10.4. The molecule has 4 fully saturated rings. The van der Waals surface area contributed by atoms with Crippen molar-refractivity contribution in [2.75, 3.05) is 13.7 Å². The van der Waals surface area contributed by atoms with Gasteiger partial charge in [-0.05, 0) is 50.5 Å². The van der Waals surface area contributed by atoms with Gasteiger partial charge in [-0.15, -0.1) is 0 Å². The molecular formula is C31H41NO11. The molecule has 2 heterocycles. The topological polar surface area (TPSA) is 178 Å². The molecule has 5 aliphatic rings. The number of esters is 4. The molecule has 0 aromatic rings. The number of hydrogen-bond acceptors (Lipinski definition) is 12. The Kier molecular flexibility index (Phi) is 7.88. The summed E-state index contributed by atoms with van der Waals surface area (Å²) in [4.78, 5) is 66.2. The zero-order valence-electron chi connectivity index (χ0n) is 25.5. The van der Waals surface area contributed by atoms with Gasteiger partial charge >= 0.3 is 23.9 Å². The zero-order chi connectivity index (χ0) is 31.6. The van der Waals surface area contributed by atoms with Crippen LogP contribution in [-0.4, -0.2) is 78.4 Å². The number of ketones is 1. The van der Waals surface area contributed by atoms with Crippen LogP contribution in [0.15, 0.2) is 23.0 Å². The van der Waals surface area contributed by atoms with Crippen LogP contribution in [0.1, 0.15) is 66.7 Å². The lowest BCUT2D eigenvalue weighted by Crippen LogP contribution is -2.75. The van der Waals surface area contributed by atoms with E-state index in [1.165, 1.54) is 13.2 Å². The van der Waals surface area contributed by atoms with Gasteiger partial charge in [0.2, 0.25) is 6.10 Å². The molecule has 0 amide bonds. The predicted molar refractivity (Wildman–Crippen MR) is 147 cm³/mol. The maximum atomic E-state index is 13.7. The van der Waals surface area contributed by atoms with E-state index in [1.807, 2.05) is 13.8 Å². The first-order valence-corrected chi connectivity index (χ1v) is 14.9. The van der Waals surface area contributed by atoms with Crippen molar-refractivity contribution in [3.8, 4) is 0 Å². The standard InChI is InChI=1S/C31H41NO11/c1-7-8-17(32)26(36)43-22-15(4)16-10-20-30-13-40-31(28(38)39-6,12-19(34)24(30)29(16,5)11-18(22)33)25(30)23(27(37)41-20)42-21(35)9-14(2)3/h9,16-17,19-20,23-25,34H,7-8,10-13,32H2,1-6H3. The quantitative estimate of drug-likeness (QED) is 0.245. The minimum atomic E-state index is -1.78. The van der Waals surface area contributed by atoms with Gasteiger partial charge in [0.25, 0.3) is 0 Å². The molecule has 1 spiro atoms. The number of hydrogen-bond donors (Lipinski definition) is 2. The second-order valence-corrected chi connectivity index (χ2v) is 13.2. The smallest absolute Gasteiger partial charge is 0.348 e. The molecule has 3 N–H and O–H groups in total. The first-order chi connectivity index (χ1) is 20.2. The lowest BCUT2D eigenvalue weighted by molar-refractivity contribution is -0.269. The van der Waals surface area contributed by atoms with Crippen LogP contribution in [0, 0.1) is 28.6 Å². The van der Waals surface area contributed by atoms with E-state index >= 15 is 0 Å². The molecule has 10 unspecified atom stereocenters. The van der Waals surface area contributed by atoms with Crippen LogP contribution in [0.5, 0.6) is 0 Å². The fourth-order valence-corrected chi connectivity index (χ4v) is 9.02. The Labute approximate surface area is 250 Å². The molecule has 0 aromatic carbocycles. The van der Waals surface area contributed by atoms with Crippen molar-refractivity contribution in [2.24, 2.45) is 34.3 Å². The molecule has 2 bridgehead atoms. The van der Waals surface area contributed by atoms with Crippen LogP contribution in [0.2, 0.25) is 0 Å². The van der Waals surface area contributed by atoms with Crippen molar-refractivity contribution >= 4 is 29.7 Å². The van der Waals surface area contributed by atoms with Crippen LogP contribution >= 0.6 is 0 Å². The molecule has 2 aliphatic heterocycles. The van der Waals surface area contributed by atoms with Crippen LogP contribution in [0.3, 0.4) is 0 Å². The highest BCUT2D eigenvalue weighted by molar-refractivity contribution is 5.98. The molecule has 10 atom stereocenters. The summed E-state index contributed by atoms with van der Waals surface area (Å²) >= 11 is 0. The Balaban J connectivity index is 1.62. The summed E-state index contributed by atoms with van der Waals surface area (Å²) in [6.07, 6.45) is -1.35. The maximum Gasteiger partial charge on any atom is 0.348 e. The number of ether oxygens (including phenoxy) is 5. The summed E-state index contributed by atoms with van der Waals surface area (Å²) in [7, 11) is 1.19. The highest BCUT2D eigenvalue weighted by Crippen LogP contribution is 2.72. The average molecular weight is 604 g/mol. The summed E-state index contributed by atoms with van der Waals surface area (Å²) in [5, 5.41) is 11.8. The lowest BCUT2D eigenvalue weighted by Gasteiger charge is -2.66.